The second-order valence-corrected chi connectivity index (χ2v) is 1.93. The molecule has 0 saturated heterocycles. The molecular formula is C10H19NO3. The predicted molar refractivity (Wildman–Crippen MR) is 56.8 cm³/mol. The number of hydrogen-bond donors (Lipinski definition) is 1. The molecule has 0 atom stereocenters. The topological polar surface area (TPSA) is 57.6 Å². The van der Waals surface area contributed by atoms with Crippen LogP contribution in [0.3, 0.4) is 0 Å². The molecule has 0 aromatic heterocycles. The van der Waals surface area contributed by atoms with Crippen molar-refractivity contribution in [2.45, 2.75) is 28.2 Å². The summed E-state index contributed by atoms with van der Waals surface area (Å²) in [7, 11) is 1.39. The number of rotatable bonds is 2. The lowest BCUT2D eigenvalue weighted by molar-refractivity contribution is -0.141. The first-order chi connectivity index (χ1) is 6.07. The second kappa shape index (κ2) is 11.5. The van der Waals surface area contributed by atoms with E-state index in [0.717, 1.165) is 4.90 Å². The summed E-state index contributed by atoms with van der Waals surface area (Å²) in [4.78, 5) is 21.9. The highest BCUT2D eigenvalue weighted by atomic mass is 16.4. The van der Waals surface area contributed by atoms with Crippen molar-refractivity contribution in [1.29, 1.82) is 0 Å². The van der Waals surface area contributed by atoms with Gasteiger partial charge in [-0.3, -0.25) is 9.59 Å². The number of aliphatic carboxylic acids is 1. The first-order valence-corrected chi connectivity index (χ1v) is 3.97. The molecule has 0 fully saturated rings. The molecule has 0 radical (unpaired) electrons. The number of hydrogen-bond acceptors (Lipinski definition) is 2. The van der Waals surface area contributed by atoms with Gasteiger partial charge in [-0.25, -0.2) is 0 Å². The van der Waals surface area contributed by atoms with E-state index in [0.29, 0.717) is 0 Å². The fourth-order valence-corrected chi connectivity index (χ4v) is 0.477. The van der Waals surface area contributed by atoms with Crippen molar-refractivity contribution in [2.75, 3.05) is 13.6 Å². The van der Waals surface area contributed by atoms with Gasteiger partial charge >= 0.3 is 5.97 Å². The summed E-state index contributed by atoms with van der Waals surface area (Å²) in [5.74, 6) is 3.09. The average Bonchev–Trinajstić information content (AvgIpc) is 2.07. The number of carbonyl (C=O) groups excluding carboxylic acids is 1. The van der Waals surface area contributed by atoms with Gasteiger partial charge < -0.3 is 10.0 Å². The van der Waals surface area contributed by atoms with Crippen molar-refractivity contribution in [3.8, 4) is 11.8 Å². The third-order valence-corrected chi connectivity index (χ3v) is 0.951. The minimum Gasteiger partial charge on any atom is -0.480 e. The van der Waals surface area contributed by atoms with E-state index in [9.17, 15) is 9.59 Å². The Kier molecular flexibility index (Phi) is 15.0. The van der Waals surface area contributed by atoms with Gasteiger partial charge in [-0.1, -0.05) is 27.2 Å². The van der Waals surface area contributed by atoms with Gasteiger partial charge in [0.05, 0.1) is 0 Å². The number of amides is 1. The normalized spacial score (nSPS) is 6.57. The highest BCUT2D eigenvalue weighted by Crippen LogP contribution is 1.81. The van der Waals surface area contributed by atoms with Gasteiger partial charge in [0.2, 0.25) is 0 Å². The molecule has 0 spiro atoms. The van der Waals surface area contributed by atoms with Crippen molar-refractivity contribution in [1.82, 2.24) is 4.90 Å². The lowest BCUT2D eigenvalue weighted by atomic mass is 10.5. The average molecular weight is 201 g/mol. The zero-order valence-corrected chi connectivity index (χ0v) is 8.42. The Morgan fingerprint density at radius 2 is 1.79 bits per heavy atom. The molecule has 0 aromatic rings. The summed E-state index contributed by atoms with van der Waals surface area (Å²) in [6.07, 6.45) is 0. The van der Waals surface area contributed by atoms with E-state index in [1.54, 1.807) is 0 Å². The predicted octanol–water partition coefficient (Wildman–Crippen LogP) is 1.22. The Hall–Kier alpha value is -1.50. The molecule has 0 saturated carbocycles. The smallest absolute Gasteiger partial charge is 0.323 e. The van der Waals surface area contributed by atoms with Crippen LogP contribution in [0.25, 0.3) is 0 Å². The van der Waals surface area contributed by atoms with Crippen LogP contribution in [0.15, 0.2) is 0 Å². The molecule has 0 aromatic carbocycles. The zero-order valence-electron chi connectivity index (χ0n) is 8.42. The molecule has 1 amide bonds. The molecule has 0 aliphatic carbocycles. The van der Waals surface area contributed by atoms with Gasteiger partial charge in [-0.15, -0.1) is 0 Å². The van der Waals surface area contributed by atoms with Crippen LogP contribution in [0.1, 0.15) is 28.2 Å². The third-order valence-electron chi connectivity index (χ3n) is 0.951. The van der Waals surface area contributed by atoms with Crippen LogP contribution >= 0.6 is 0 Å². The van der Waals surface area contributed by atoms with Crippen molar-refractivity contribution in [3.05, 3.63) is 0 Å². The van der Waals surface area contributed by atoms with E-state index in [1.807, 2.05) is 13.8 Å². The van der Waals surface area contributed by atoms with Gasteiger partial charge in [0, 0.05) is 7.05 Å². The van der Waals surface area contributed by atoms with Crippen LogP contribution in [0.4, 0.5) is 0 Å². The summed E-state index contributed by atoms with van der Waals surface area (Å²) in [5, 5.41) is 8.26. The van der Waals surface area contributed by atoms with Gasteiger partial charge in [0.25, 0.3) is 5.91 Å². The monoisotopic (exact) mass is 201 g/mol. The standard InChI is InChI=1S/C7H9NO3.C2H6.CH4/c1-3-4-6(9)8(2)5-7(10)11;1-2;/h5H2,1-2H3,(H,10,11);1-2H3;1H4. The zero-order chi connectivity index (χ0) is 10.9. The Bertz CT molecular complexity index is 225. The van der Waals surface area contributed by atoms with Gasteiger partial charge in [-0.05, 0) is 12.8 Å². The third kappa shape index (κ3) is 10.5. The first kappa shape index (κ1) is 18.3. The molecule has 0 aliphatic rings. The Balaban J connectivity index is -0.000000376. The second-order valence-electron chi connectivity index (χ2n) is 1.93. The van der Waals surface area contributed by atoms with E-state index >= 15 is 0 Å². The Morgan fingerprint density at radius 1 is 1.36 bits per heavy atom. The van der Waals surface area contributed by atoms with Crippen molar-refractivity contribution in [3.63, 3.8) is 0 Å². The number of nitrogens with zero attached hydrogens (tertiary/aromatic N) is 1. The van der Waals surface area contributed by atoms with E-state index in [-0.39, 0.29) is 14.0 Å². The van der Waals surface area contributed by atoms with Crippen LogP contribution in [0.5, 0.6) is 0 Å². The van der Waals surface area contributed by atoms with E-state index in [2.05, 4.69) is 11.8 Å². The highest BCUT2D eigenvalue weighted by molar-refractivity contribution is 5.94. The fourth-order valence-electron chi connectivity index (χ4n) is 0.477. The summed E-state index contributed by atoms with van der Waals surface area (Å²) in [5.41, 5.74) is 0. The van der Waals surface area contributed by atoms with E-state index in [4.69, 9.17) is 5.11 Å². The van der Waals surface area contributed by atoms with Gasteiger partial charge in [0.1, 0.15) is 6.54 Å². The minimum atomic E-state index is -1.04. The first-order valence-electron chi connectivity index (χ1n) is 3.97. The van der Waals surface area contributed by atoms with Crippen molar-refractivity contribution >= 4 is 11.9 Å². The van der Waals surface area contributed by atoms with Crippen LogP contribution in [0.2, 0.25) is 0 Å². The maximum absolute atomic E-state index is 10.8. The SMILES string of the molecule is C.CC.CC#CC(=O)N(C)CC(=O)O. The molecule has 0 unspecified atom stereocenters. The number of carboxylic acid groups (broad SMARTS) is 1. The van der Waals surface area contributed by atoms with Crippen LogP contribution in [-0.2, 0) is 9.59 Å². The summed E-state index contributed by atoms with van der Waals surface area (Å²) in [6.45, 7) is 5.21. The number of carboxylic acids is 1. The maximum atomic E-state index is 10.8. The molecule has 1 N–H and O–H groups in total. The highest BCUT2D eigenvalue weighted by Gasteiger charge is 2.07. The molecule has 82 valence electrons. The number of likely N-dealkylation sites (N-methyl/N-ethyl adjacent to an activating group) is 1. The summed E-state index contributed by atoms with van der Waals surface area (Å²) < 4.78 is 0. The maximum Gasteiger partial charge on any atom is 0.323 e. The largest absolute Gasteiger partial charge is 0.480 e. The molecule has 0 heterocycles. The fraction of sp³-hybridized carbons (Fsp3) is 0.600. The van der Waals surface area contributed by atoms with Crippen LogP contribution < -0.4 is 0 Å². The van der Waals surface area contributed by atoms with Crippen LogP contribution in [-0.4, -0.2) is 35.5 Å². The van der Waals surface area contributed by atoms with E-state index in [1.165, 1.54) is 14.0 Å². The lowest BCUT2D eigenvalue weighted by Crippen LogP contribution is -2.30. The van der Waals surface area contributed by atoms with Crippen molar-refractivity contribution < 1.29 is 14.7 Å². The van der Waals surface area contributed by atoms with E-state index < -0.39 is 11.9 Å². The van der Waals surface area contributed by atoms with Gasteiger partial charge in [0.15, 0.2) is 0 Å². The lowest BCUT2D eigenvalue weighted by Gasteiger charge is -2.08. The van der Waals surface area contributed by atoms with Crippen LogP contribution in [0, 0.1) is 11.8 Å². The van der Waals surface area contributed by atoms with Gasteiger partial charge in [-0.2, -0.15) is 0 Å². The summed E-state index contributed by atoms with van der Waals surface area (Å²) in [6, 6.07) is 0. The molecular weight excluding hydrogens is 182 g/mol. The summed E-state index contributed by atoms with van der Waals surface area (Å²) >= 11 is 0. The number of carbonyl (C=O) groups is 2. The quantitative estimate of drug-likeness (QED) is 0.683. The Morgan fingerprint density at radius 3 is 2.07 bits per heavy atom. The molecule has 4 nitrogen and oxygen atoms in total. The minimum absolute atomic E-state index is 0. The Labute approximate surface area is 85.9 Å². The molecule has 0 rings (SSSR count). The molecule has 0 aliphatic heterocycles. The molecule has 0 bridgehead atoms. The van der Waals surface area contributed by atoms with Crippen molar-refractivity contribution in [2.24, 2.45) is 0 Å². The molecule has 4 heteroatoms. The molecule has 14 heavy (non-hydrogen) atoms.